The third-order valence-corrected chi connectivity index (χ3v) is 4.40. The Morgan fingerprint density at radius 1 is 1.04 bits per heavy atom. The van der Waals surface area contributed by atoms with E-state index in [9.17, 15) is 4.79 Å². The first kappa shape index (κ1) is 17.0. The summed E-state index contributed by atoms with van der Waals surface area (Å²) in [6, 6.07) is 18.2. The topological polar surface area (TPSA) is 45.1 Å². The summed E-state index contributed by atoms with van der Waals surface area (Å²) in [5.74, 6) is -0.0188. The first-order valence-corrected chi connectivity index (χ1v) is 8.53. The van der Waals surface area contributed by atoms with Crippen molar-refractivity contribution in [2.45, 2.75) is 6.92 Å². The largest absolute Gasteiger partial charge is 0.386 e. The number of hydrogen-bond donors (Lipinski definition) is 0. The van der Waals surface area contributed by atoms with Crippen LogP contribution in [0.15, 0.2) is 59.8 Å². The molecule has 25 heavy (non-hydrogen) atoms. The molecule has 1 amide bonds. The third kappa shape index (κ3) is 4.59. The highest BCUT2D eigenvalue weighted by Crippen LogP contribution is 2.15. The van der Waals surface area contributed by atoms with Crippen molar-refractivity contribution in [1.82, 2.24) is 4.90 Å². The molecule has 0 saturated carbocycles. The van der Waals surface area contributed by atoms with Crippen LogP contribution in [0.4, 0.5) is 5.69 Å². The van der Waals surface area contributed by atoms with Gasteiger partial charge in [0.2, 0.25) is 0 Å². The molecule has 1 aliphatic rings. The molecule has 130 valence electrons. The normalized spacial score (nSPS) is 14.8. The standard InChI is InChI=1S/C20H23N3O2/c1-17-7-5-6-8-18(17)15-21-25-16-20(24)23-13-11-22(12-14-23)19-9-3-2-4-10-19/h2-10,15H,11-14,16H2,1H3/b21-15+. The zero-order valence-electron chi connectivity index (χ0n) is 14.5. The molecule has 1 heterocycles. The Morgan fingerprint density at radius 3 is 2.44 bits per heavy atom. The van der Waals surface area contributed by atoms with E-state index >= 15 is 0 Å². The van der Waals surface area contributed by atoms with Gasteiger partial charge >= 0.3 is 0 Å². The lowest BCUT2D eigenvalue weighted by atomic mass is 10.1. The molecular weight excluding hydrogens is 314 g/mol. The Bertz CT molecular complexity index is 723. The van der Waals surface area contributed by atoms with Gasteiger partial charge in [-0.25, -0.2) is 0 Å². The summed E-state index contributed by atoms with van der Waals surface area (Å²) >= 11 is 0. The van der Waals surface area contributed by atoms with Crippen molar-refractivity contribution in [3.8, 4) is 0 Å². The molecule has 1 saturated heterocycles. The molecule has 0 bridgehead atoms. The third-order valence-electron chi connectivity index (χ3n) is 4.40. The molecule has 2 aromatic rings. The number of amides is 1. The van der Waals surface area contributed by atoms with E-state index < -0.39 is 0 Å². The van der Waals surface area contributed by atoms with E-state index in [1.165, 1.54) is 5.69 Å². The molecule has 5 nitrogen and oxygen atoms in total. The molecule has 0 atom stereocenters. The lowest BCUT2D eigenvalue weighted by Crippen LogP contribution is -2.49. The van der Waals surface area contributed by atoms with Gasteiger partial charge in [-0.1, -0.05) is 47.6 Å². The second-order valence-electron chi connectivity index (χ2n) is 6.07. The maximum Gasteiger partial charge on any atom is 0.263 e. The van der Waals surface area contributed by atoms with E-state index in [4.69, 9.17) is 4.84 Å². The van der Waals surface area contributed by atoms with Crippen LogP contribution in [0.25, 0.3) is 0 Å². The minimum absolute atomic E-state index is 0.0188. The van der Waals surface area contributed by atoms with Crippen LogP contribution in [-0.4, -0.2) is 49.8 Å². The zero-order chi connectivity index (χ0) is 17.5. The lowest BCUT2D eigenvalue weighted by molar-refractivity contribution is -0.136. The number of hydrogen-bond acceptors (Lipinski definition) is 4. The molecule has 2 aromatic carbocycles. The Labute approximate surface area is 148 Å². The first-order chi connectivity index (χ1) is 12.2. The van der Waals surface area contributed by atoms with E-state index in [2.05, 4.69) is 22.2 Å². The Balaban J connectivity index is 1.43. The minimum atomic E-state index is -0.0201. The predicted molar refractivity (Wildman–Crippen MR) is 100.0 cm³/mol. The van der Waals surface area contributed by atoms with E-state index in [0.717, 1.165) is 24.2 Å². The number of rotatable bonds is 5. The number of oxime groups is 1. The van der Waals surface area contributed by atoms with Gasteiger partial charge in [-0.15, -0.1) is 0 Å². The summed E-state index contributed by atoms with van der Waals surface area (Å²) in [6.45, 7) is 5.08. The van der Waals surface area contributed by atoms with Crippen molar-refractivity contribution in [2.24, 2.45) is 5.16 Å². The second kappa shape index (κ2) is 8.33. The van der Waals surface area contributed by atoms with Crippen molar-refractivity contribution in [2.75, 3.05) is 37.7 Å². The number of anilines is 1. The molecule has 0 radical (unpaired) electrons. The van der Waals surface area contributed by atoms with Gasteiger partial charge in [-0.05, 0) is 30.2 Å². The fourth-order valence-electron chi connectivity index (χ4n) is 2.86. The van der Waals surface area contributed by atoms with Gasteiger partial charge in [0.15, 0.2) is 6.61 Å². The van der Waals surface area contributed by atoms with Gasteiger partial charge in [-0.2, -0.15) is 0 Å². The van der Waals surface area contributed by atoms with Crippen molar-refractivity contribution in [1.29, 1.82) is 0 Å². The summed E-state index contributed by atoms with van der Waals surface area (Å²) in [4.78, 5) is 21.5. The molecule has 0 N–H and O–H groups in total. The average Bonchev–Trinajstić information content (AvgIpc) is 2.67. The monoisotopic (exact) mass is 337 g/mol. The van der Waals surface area contributed by atoms with Crippen LogP contribution in [0.5, 0.6) is 0 Å². The van der Waals surface area contributed by atoms with Gasteiger partial charge < -0.3 is 14.6 Å². The molecule has 1 aliphatic heterocycles. The van der Waals surface area contributed by atoms with Crippen molar-refractivity contribution in [3.63, 3.8) is 0 Å². The van der Waals surface area contributed by atoms with E-state index in [1.807, 2.05) is 54.3 Å². The fourth-order valence-corrected chi connectivity index (χ4v) is 2.86. The predicted octanol–water partition coefficient (Wildman–Crippen LogP) is 2.69. The molecule has 3 rings (SSSR count). The van der Waals surface area contributed by atoms with Gasteiger partial charge in [0.1, 0.15) is 0 Å². The van der Waals surface area contributed by atoms with Crippen molar-refractivity contribution < 1.29 is 9.63 Å². The van der Waals surface area contributed by atoms with Crippen molar-refractivity contribution in [3.05, 3.63) is 65.7 Å². The number of carbonyl (C=O) groups excluding carboxylic acids is 1. The highest BCUT2D eigenvalue weighted by molar-refractivity contribution is 5.81. The summed E-state index contributed by atoms with van der Waals surface area (Å²) in [7, 11) is 0. The second-order valence-corrected chi connectivity index (χ2v) is 6.07. The van der Waals surface area contributed by atoms with Crippen LogP contribution < -0.4 is 4.90 Å². The zero-order valence-corrected chi connectivity index (χ0v) is 14.5. The summed E-state index contributed by atoms with van der Waals surface area (Å²) in [5, 5.41) is 3.92. The fraction of sp³-hybridized carbons (Fsp3) is 0.300. The quantitative estimate of drug-likeness (QED) is 0.622. The number of benzene rings is 2. The van der Waals surface area contributed by atoms with Crippen LogP contribution in [0.3, 0.4) is 0 Å². The first-order valence-electron chi connectivity index (χ1n) is 8.53. The summed E-state index contributed by atoms with van der Waals surface area (Å²) in [6.07, 6.45) is 1.65. The Hall–Kier alpha value is -2.82. The number of piperazine rings is 1. The van der Waals surface area contributed by atoms with Crippen LogP contribution >= 0.6 is 0 Å². The van der Waals surface area contributed by atoms with E-state index in [1.54, 1.807) is 6.21 Å². The summed E-state index contributed by atoms with van der Waals surface area (Å²) < 4.78 is 0. The Morgan fingerprint density at radius 2 is 1.72 bits per heavy atom. The smallest absolute Gasteiger partial charge is 0.263 e. The molecule has 0 unspecified atom stereocenters. The number of nitrogens with zero attached hydrogens (tertiary/aromatic N) is 3. The lowest BCUT2D eigenvalue weighted by Gasteiger charge is -2.35. The Kier molecular flexibility index (Phi) is 5.67. The van der Waals surface area contributed by atoms with Gasteiger partial charge in [-0.3, -0.25) is 4.79 Å². The van der Waals surface area contributed by atoms with E-state index in [0.29, 0.717) is 13.1 Å². The number of aryl methyl sites for hydroxylation is 1. The van der Waals surface area contributed by atoms with Gasteiger partial charge in [0, 0.05) is 31.9 Å². The van der Waals surface area contributed by atoms with Crippen LogP contribution in [0.2, 0.25) is 0 Å². The highest BCUT2D eigenvalue weighted by Gasteiger charge is 2.21. The number of carbonyl (C=O) groups is 1. The average molecular weight is 337 g/mol. The van der Waals surface area contributed by atoms with Crippen LogP contribution in [-0.2, 0) is 9.63 Å². The van der Waals surface area contributed by atoms with Crippen LogP contribution in [0, 0.1) is 6.92 Å². The van der Waals surface area contributed by atoms with Crippen LogP contribution in [0.1, 0.15) is 11.1 Å². The molecular formula is C20H23N3O2. The minimum Gasteiger partial charge on any atom is -0.386 e. The number of para-hydroxylation sites is 1. The molecule has 0 aromatic heterocycles. The molecule has 0 aliphatic carbocycles. The maximum atomic E-state index is 12.2. The molecule has 1 fully saturated rings. The van der Waals surface area contributed by atoms with Crippen molar-refractivity contribution >= 4 is 17.8 Å². The molecule has 5 heteroatoms. The van der Waals surface area contributed by atoms with E-state index in [-0.39, 0.29) is 12.5 Å². The van der Waals surface area contributed by atoms with Gasteiger partial charge in [0.25, 0.3) is 5.91 Å². The molecule has 0 spiro atoms. The SMILES string of the molecule is Cc1ccccc1/C=N/OCC(=O)N1CCN(c2ccccc2)CC1. The highest BCUT2D eigenvalue weighted by atomic mass is 16.6. The van der Waals surface area contributed by atoms with Gasteiger partial charge in [0.05, 0.1) is 6.21 Å². The maximum absolute atomic E-state index is 12.2. The summed E-state index contributed by atoms with van der Waals surface area (Å²) in [5.41, 5.74) is 3.32.